The fourth-order valence-corrected chi connectivity index (χ4v) is 1.34. The van der Waals surface area contributed by atoms with Gasteiger partial charge in [-0.2, -0.15) is 0 Å². The molecule has 0 aliphatic carbocycles. The van der Waals surface area contributed by atoms with Gasteiger partial charge in [-0.3, -0.25) is 0 Å². The zero-order valence-corrected chi connectivity index (χ0v) is 8.77. The summed E-state index contributed by atoms with van der Waals surface area (Å²) < 4.78 is 10.6. The first-order valence-corrected chi connectivity index (χ1v) is 4.36. The first kappa shape index (κ1) is 10.7. The molecule has 67 valence electrons. The number of hydrogen-bond donors (Lipinski definition) is 0. The Morgan fingerprint density at radius 2 is 2.29 bits per heavy atom. The van der Waals surface area contributed by atoms with Crippen molar-refractivity contribution in [2.24, 2.45) is 0 Å². The van der Waals surface area contributed by atoms with E-state index >= 15 is 0 Å². The molecule has 1 aromatic rings. The molecule has 0 bridgehead atoms. The van der Waals surface area contributed by atoms with Gasteiger partial charge in [-0.05, 0) is 0 Å². The summed E-state index contributed by atoms with van der Waals surface area (Å²) in [6, 6.07) is 3.42. The van der Waals surface area contributed by atoms with Crippen LogP contribution in [0.4, 0.5) is 0 Å². The van der Waals surface area contributed by atoms with Gasteiger partial charge in [-0.25, -0.2) is 0 Å². The number of rotatable bonds is 3. The molecule has 0 saturated heterocycles. The zero-order chi connectivity index (χ0) is 10.6. The predicted molar refractivity (Wildman–Crippen MR) is 53.2 cm³/mol. The molecule has 0 saturated carbocycles. The third kappa shape index (κ3) is 1.91. The molecule has 1 rings (SSSR count). The fraction of sp³-hybridized carbons (Fsp3) is 0.100. The Morgan fingerprint density at radius 1 is 1.57 bits per heavy atom. The molecule has 1 radical (unpaired) electrons. The first-order chi connectivity index (χ1) is 6.74. The van der Waals surface area contributed by atoms with E-state index in [0.29, 0.717) is 22.0 Å². The Labute approximate surface area is 90.4 Å². The van der Waals surface area contributed by atoms with Gasteiger partial charge in [0.2, 0.25) is 0 Å². The van der Waals surface area contributed by atoms with Gasteiger partial charge < -0.3 is 0 Å². The van der Waals surface area contributed by atoms with Gasteiger partial charge in [0.25, 0.3) is 0 Å². The summed E-state index contributed by atoms with van der Waals surface area (Å²) in [6.45, 7) is 0. The molecule has 0 aliphatic rings. The molecule has 0 spiro atoms. The third-order valence-corrected chi connectivity index (χ3v) is 2.20. The average Bonchev–Trinajstić information content (AvgIpc) is 2.19. The molecule has 0 aliphatic heterocycles. The van der Waals surface area contributed by atoms with Gasteiger partial charge in [0, 0.05) is 0 Å². The van der Waals surface area contributed by atoms with Crippen molar-refractivity contribution in [3.05, 3.63) is 17.7 Å². The maximum absolute atomic E-state index is 10.8. The molecule has 1 aromatic carbocycles. The monoisotopic (exact) mass is 202 g/mol. The molecular weight excluding hydrogens is 195 g/mol. The second-order valence-corrected chi connectivity index (χ2v) is 3.06. The van der Waals surface area contributed by atoms with Crippen molar-refractivity contribution in [1.82, 2.24) is 0 Å². The average molecular weight is 202 g/mol. The van der Waals surface area contributed by atoms with Crippen LogP contribution in [-0.4, -0.2) is 29.7 Å². The summed E-state index contributed by atoms with van der Waals surface area (Å²) in [5.41, 5.74) is 0.382. The Bertz CT molecular complexity index is 393. The van der Waals surface area contributed by atoms with Gasteiger partial charge in [0.05, 0.1) is 0 Å². The van der Waals surface area contributed by atoms with Crippen molar-refractivity contribution >= 4 is 27.0 Å². The third-order valence-electron chi connectivity index (χ3n) is 1.69. The van der Waals surface area contributed by atoms with Gasteiger partial charge in [-0.15, -0.1) is 0 Å². The molecule has 0 aromatic heterocycles. The number of ether oxygens (including phenoxy) is 2. The normalized spacial score (nSPS) is 8.79. The van der Waals surface area contributed by atoms with Crippen molar-refractivity contribution in [1.29, 1.82) is 0 Å². The van der Waals surface area contributed by atoms with Crippen LogP contribution in [0, 0.1) is 12.5 Å². The maximum atomic E-state index is 10.8. The Kier molecular flexibility index (Phi) is 3.59. The number of aldehydes is 1. The standard InChI is InChI=1S/C10H7O3.Al/c1-3-13-10-8(7-11)5-4-6-9(10)12-2;/h1,4,6-7H,2H3;/q;+1. The molecule has 0 heterocycles. The molecule has 0 N–H and O–H groups in total. The van der Waals surface area contributed by atoms with Crippen LogP contribution in [0.15, 0.2) is 12.1 Å². The zero-order valence-electron chi connectivity index (χ0n) is 7.61. The van der Waals surface area contributed by atoms with Crippen LogP contribution in [0.25, 0.3) is 0 Å². The van der Waals surface area contributed by atoms with E-state index in [9.17, 15) is 4.79 Å². The minimum atomic E-state index is 0.275. The summed E-state index contributed by atoms with van der Waals surface area (Å²) in [5.74, 6) is 0.716. The number of carbonyl (C=O) groups excluding carboxylic acids is 1. The van der Waals surface area contributed by atoms with Crippen molar-refractivity contribution in [3.8, 4) is 24.0 Å². The van der Waals surface area contributed by atoms with E-state index < -0.39 is 0 Å². The quantitative estimate of drug-likeness (QED) is 0.401. The number of terminal acetylenes is 1. The van der Waals surface area contributed by atoms with E-state index in [4.69, 9.17) is 15.9 Å². The van der Waals surface area contributed by atoms with Crippen molar-refractivity contribution in [2.45, 2.75) is 0 Å². The molecule has 14 heavy (non-hydrogen) atoms. The van der Waals surface area contributed by atoms with E-state index in [1.807, 2.05) is 6.11 Å². The van der Waals surface area contributed by atoms with Crippen LogP contribution in [0.1, 0.15) is 10.4 Å². The van der Waals surface area contributed by atoms with Gasteiger partial charge in [0.15, 0.2) is 0 Å². The number of hydrogen-bond acceptors (Lipinski definition) is 3. The SMILES string of the molecule is C#COc1c(OC)cc[c]([Al+])c1C=O. The van der Waals surface area contributed by atoms with Gasteiger partial charge in [0.1, 0.15) is 0 Å². The number of methoxy groups -OCH3 is 1. The molecule has 3 nitrogen and oxygen atoms in total. The van der Waals surface area contributed by atoms with E-state index in [0.717, 1.165) is 0 Å². The topological polar surface area (TPSA) is 35.5 Å². The first-order valence-electron chi connectivity index (χ1n) is 3.78. The van der Waals surface area contributed by atoms with Crippen molar-refractivity contribution in [2.75, 3.05) is 7.11 Å². The van der Waals surface area contributed by atoms with Crippen molar-refractivity contribution < 1.29 is 14.3 Å². The van der Waals surface area contributed by atoms with Crippen LogP contribution < -0.4 is 13.9 Å². The van der Waals surface area contributed by atoms with E-state index in [1.54, 1.807) is 12.1 Å². The molecule has 4 heteroatoms. The van der Waals surface area contributed by atoms with Gasteiger partial charge >= 0.3 is 90.1 Å². The summed E-state index contributed by atoms with van der Waals surface area (Å²) in [4.78, 5) is 10.8. The molecule has 0 atom stereocenters. The Hall–Kier alpha value is -1.42. The summed E-state index contributed by atoms with van der Waals surface area (Å²) in [7, 11) is 1.48. The molecule has 0 fully saturated rings. The van der Waals surface area contributed by atoms with E-state index in [-0.39, 0.29) is 5.75 Å². The predicted octanol–water partition coefficient (Wildman–Crippen LogP) is 0.271. The molecule has 0 unspecified atom stereocenters. The second kappa shape index (κ2) is 4.72. The molecule has 0 amide bonds. The fourth-order valence-electron chi connectivity index (χ4n) is 1.04. The van der Waals surface area contributed by atoms with Crippen LogP contribution >= 0.6 is 0 Å². The van der Waals surface area contributed by atoms with E-state index in [1.165, 1.54) is 7.11 Å². The second-order valence-electron chi connectivity index (χ2n) is 2.44. The van der Waals surface area contributed by atoms with Crippen LogP contribution in [0.5, 0.6) is 11.5 Å². The van der Waals surface area contributed by atoms with Gasteiger partial charge in [-0.1, -0.05) is 0 Å². The minimum absolute atomic E-state index is 0.275. The molecular formula is C10H7AlO3+. The van der Waals surface area contributed by atoms with E-state index in [2.05, 4.69) is 16.3 Å². The van der Waals surface area contributed by atoms with Crippen LogP contribution in [0.3, 0.4) is 0 Å². The number of benzene rings is 1. The Morgan fingerprint density at radius 3 is 2.79 bits per heavy atom. The summed E-state index contributed by atoms with van der Waals surface area (Å²) >= 11 is 2.42. The number of carbonyl (C=O) groups is 1. The Balaban J connectivity index is 3.37. The summed E-state index contributed by atoms with van der Waals surface area (Å²) in [5, 5.41) is 0. The van der Waals surface area contributed by atoms with Crippen molar-refractivity contribution in [3.63, 3.8) is 0 Å². The summed E-state index contributed by atoms with van der Waals surface area (Å²) in [6.07, 6.45) is 7.70. The van der Waals surface area contributed by atoms with Crippen LogP contribution in [0.2, 0.25) is 0 Å². The van der Waals surface area contributed by atoms with Crippen LogP contribution in [-0.2, 0) is 0 Å².